The monoisotopic (exact) mass is 360 g/mol. The summed E-state index contributed by atoms with van der Waals surface area (Å²) >= 11 is 1.29. The average Bonchev–Trinajstić information content (AvgIpc) is 3.24. The van der Waals surface area contributed by atoms with Gasteiger partial charge in [-0.15, -0.1) is 11.3 Å². The molecule has 7 nitrogen and oxygen atoms in total. The molecule has 1 saturated carbocycles. The number of carbonyl (C=O) groups excluding carboxylic acids is 1. The van der Waals surface area contributed by atoms with Gasteiger partial charge in [0.1, 0.15) is 0 Å². The Morgan fingerprint density at radius 1 is 1.36 bits per heavy atom. The van der Waals surface area contributed by atoms with Crippen LogP contribution in [0.5, 0.6) is 0 Å². The number of rotatable bonds is 3. The van der Waals surface area contributed by atoms with E-state index in [1.807, 2.05) is 0 Å². The number of aliphatic carboxylic acids is 1. The first kappa shape index (κ1) is 16.0. The summed E-state index contributed by atoms with van der Waals surface area (Å²) in [5.41, 5.74) is -0.810. The molecular weight excluding hydrogens is 344 g/mol. The highest BCUT2D eigenvalue weighted by Gasteiger charge is 2.55. The molecular formula is C17H16N2O5S. The smallest absolute Gasteiger partial charge is 0.311 e. The van der Waals surface area contributed by atoms with E-state index in [1.54, 1.807) is 17.0 Å². The number of likely N-dealkylation sites (tertiary alicyclic amines) is 1. The number of carboxylic acid groups (broad SMARTS) is 1. The first-order chi connectivity index (χ1) is 11.9. The lowest BCUT2D eigenvalue weighted by Gasteiger charge is -2.23. The fraction of sp³-hybridized carbons (Fsp3) is 0.412. The highest BCUT2D eigenvalue weighted by molar-refractivity contribution is 7.20. The van der Waals surface area contributed by atoms with Crippen LogP contribution in [0.1, 0.15) is 28.9 Å². The van der Waals surface area contributed by atoms with Crippen molar-refractivity contribution in [1.29, 1.82) is 0 Å². The fourth-order valence-corrected chi connectivity index (χ4v) is 5.21. The molecule has 130 valence electrons. The van der Waals surface area contributed by atoms with Gasteiger partial charge >= 0.3 is 5.97 Å². The summed E-state index contributed by atoms with van der Waals surface area (Å²) in [7, 11) is 0. The van der Waals surface area contributed by atoms with Crippen LogP contribution in [0.2, 0.25) is 0 Å². The number of hydrogen-bond acceptors (Lipinski definition) is 5. The van der Waals surface area contributed by atoms with E-state index in [1.165, 1.54) is 23.5 Å². The Balaban J connectivity index is 1.62. The van der Waals surface area contributed by atoms with Crippen molar-refractivity contribution in [3.8, 4) is 0 Å². The Morgan fingerprint density at radius 3 is 2.84 bits per heavy atom. The molecule has 1 saturated heterocycles. The summed E-state index contributed by atoms with van der Waals surface area (Å²) in [6.07, 6.45) is 2.36. The minimum Gasteiger partial charge on any atom is -0.481 e. The van der Waals surface area contributed by atoms with E-state index in [0.29, 0.717) is 23.2 Å². The molecule has 0 unspecified atom stereocenters. The second kappa shape index (κ2) is 5.52. The molecule has 2 aliphatic rings. The van der Waals surface area contributed by atoms with Gasteiger partial charge in [0, 0.05) is 35.3 Å². The van der Waals surface area contributed by atoms with Gasteiger partial charge in [-0.05, 0) is 30.9 Å². The molecule has 4 rings (SSSR count). The van der Waals surface area contributed by atoms with Crippen LogP contribution in [0.3, 0.4) is 0 Å². The van der Waals surface area contributed by atoms with Gasteiger partial charge in [-0.1, -0.05) is 6.42 Å². The molecule has 2 fully saturated rings. The molecule has 0 spiro atoms. The lowest BCUT2D eigenvalue weighted by Crippen LogP contribution is -2.37. The number of carbonyl (C=O) groups is 2. The summed E-state index contributed by atoms with van der Waals surface area (Å²) in [6.45, 7) is 0.722. The highest BCUT2D eigenvalue weighted by atomic mass is 32.1. The molecule has 25 heavy (non-hydrogen) atoms. The third-order valence-electron chi connectivity index (χ3n) is 5.51. The van der Waals surface area contributed by atoms with E-state index in [0.717, 1.165) is 17.5 Å². The fourth-order valence-electron chi connectivity index (χ4n) is 4.20. The molecule has 1 aliphatic heterocycles. The van der Waals surface area contributed by atoms with Crippen LogP contribution in [0.15, 0.2) is 24.3 Å². The molecule has 1 aliphatic carbocycles. The molecule has 1 aromatic carbocycles. The van der Waals surface area contributed by atoms with Crippen LogP contribution >= 0.6 is 11.3 Å². The molecule has 1 N–H and O–H groups in total. The molecule has 1 amide bonds. The number of nitro groups is 1. The molecule has 0 bridgehead atoms. The third-order valence-corrected chi connectivity index (χ3v) is 6.61. The second-order valence-corrected chi connectivity index (χ2v) is 7.91. The Morgan fingerprint density at radius 2 is 2.16 bits per heavy atom. The van der Waals surface area contributed by atoms with E-state index in [-0.39, 0.29) is 24.1 Å². The van der Waals surface area contributed by atoms with Gasteiger partial charge in [0.25, 0.3) is 11.6 Å². The van der Waals surface area contributed by atoms with E-state index in [4.69, 9.17) is 0 Å². The Labute approximate surface area is 147 Å². The van der Waals surface area contributed by atoms with Crippen molar-refractivity contribution >= 4 is 39.0 Å². The lowest BCUT2D eigenvalue weighted by atomic mass is 9.81. The zero-order valence-electron chi connectivity index (χ0n) is 13.3. The van der Waals surface area contributed by atoms with Crippen LogP contribution in [0.25, 0.3) is 10.1 Å². The van der Waals surface area contributed by atoms with Crippen molar-refractivity contribution < 1.29 is 19.6 Å². The maximum atomic E-state index is 12.8. The topological polar surface area (TPSA) is 101 Å². The zero-order chi connectivity index (χ0) is 17.8. The van der Waals surface area contributed by atoms with Crippen LogP contribution in [-0.2, 0) is 4.79 Å². The standard InChI is InChI=1S/C17H16N2O5S/c20-15(18-8-11-2-1-5-17(11,9-18)16(21)22)14-7-10-6-12(19(23)24)3-4-13(10)25-14/h3-4,6-7,11H,1-2,5,8-9H2,(H,21,22)/t11-,17+/m0/s1. The van der Waals surface area contributed by atoms with Gasteiger partial charge in [-0.2, -0.15) is 0 Å². The van der Waals surface area contributed by atoms with Crippen LogP contribution in [-0.4, -0.2) is 39.9 Å². The maximum Gasteiger partial charge on any atom is 0.311 e. The minimum absolute atomic E-state index is 0.00941. The summed E-state index contributed by atoms with van der Waals surface area (Å²) in [4.78, 5) is 37.1. The van der Waals surface area contributed by atoms with Gasteiger partial charge < -0.3 is 10.0 Å². The number of hydrogen-bond donors (Lipinski definition) is 1. The van der Waals surface area contributed by atoms with Crippen molar-refractivity contribution in [2.24, 2.45) is 11.3 Å². The summed E-state index contributed by atoms with van der Waals surface area (Å²) < 4.78 is 0.807. The van der Waals surface area contributed by atoms with Gasteiger partial charge in [0.15, 0.2) is 0 Å². The van der Waals surface area contributed by atoms with E-state index >= 15 is 0 Å². The normalized spacial score (nSPS) is 25.3. The Kier molecular flexibility index (Phi) is 3.54. The van der Waals surface area contributed by atoms with E-state index < -0.39 is 16.3 Å². The summed E-state index contributed by atoms with van der Waals surface area (Å²) in [6, 6.07) is 6.19. The number of nitrogens with zero attached hydrogens (tertiary/aromatic N) is 2. The van der Waals surface area contributed by atoms with Crippen LogP contribution in [0.4, 0.5) is 5.69 Å². The number of amides is 1. The second-order valence-electron chi connectivity index (χ2n) is 6.83. The number of benzene rings is 1. The summed E-state index contributed by atoms with van der Waals surface area (Å²) in [5, 5.41) is 21.2. The molecule has 0 radical (unpaired) electrons. The maximum absolute atomic E-state index is 12.8. The number of non-ortho nitro benzene ring substituents is 1. The quantitative estimate of drug-likeness (QED) is 0.669. The van der Waals surface area contributed by atoms with Gasteiger partial charge in [0.05, 0.1) is 15.2 Å². The number of fused-ring (bicyclic) bond motifs is 2. The van der Waals surface area contributed by atoms with E-state index in [2.05, 4.69) is 0 Å². The Bertz CT molecular complexity index is 908. The van der Waals surface area contributed by atoms with Crippen molar-refractivity contribution in [2.45, 2.75) is 19.3 Å². The van der Waals surface area contributed by atoms with E-state index in [9.17, 15) is 24.8 Å². The molecule has 2 aromatic rings. The van der Waals surface area contributed by atoms with Gasteiger partial charge in [-0.3, -0.25) is 19.7 Å². The molecule has 8 heteroatoms. The van der Waals surface area contributed by atoms with Crippen LogP contribution < -0.4 is 0 Å². The number of thiophene rings is 1. The predicted octanol–water partition coefficient (Wildman–Crippen LogP) is 3.14. The third kappa shape index (κ3) is 2.39. The summed E-state index contributed by atoms with van der Waals surface area (Å²) in [5.74, 6) is -0.972. The van der Waals surface area contributed by atoms with Gasteiger partial charge in [-0.25, -0.2) is 0 Å². The van der Waals surface area contributed by atoms with Crippen LogP contribution in [0, 0.1) is 21.4 Å². The molecule has 2 heterocycles. The highest BCUT2D eigenvalue weighted by Crippen LogP contribution is 2.49. The molecule has 2 atom stereocenters. The van der Waals surface area contributed by atoms with Crippen molar-refractivity contribution in [2.75, 3.05) is 13.1 Å². The lowest BCUT2D eigenvalue weighted by molar-refractivity contribution is -0.384. The minimum atomic E-state index is -0.808. The largest absolute Gasteiger partial charge is 0.481 e. The first-order valence-electron chi connectivity index (χ1n) is 8.11. The number of nitro benzene ring substituents is 1. The van der Waals surface area contributed by atoms with Crippen molar-refractivity contribution in [3.63, 3.8) is 0 Å². The Hall–Kier alpha value is -2.48. The van der Waals surface area contributed by atoms with Crippen molar-refractivity contribution in [1.82, 2.24) is 4.90 Å². The number of carboxylic acids is 1. The zero-order valence-corrected chi connectivity index (χ0v) is 14.1. The molecule has 1 aromatic heterocycles. The van der Waals surface area contributed by atoms with Crippen molar-refractivity contribution in [3.05, 3.63) is 39.3 Å². The first-order valence-corrected chi connectivity index (χ1v) is 8.93. The SMILES string of the molecule is O=C(c1cc2cc([N+](=O)[O-])ccc2s1)N1C[C@@H]2CCC[C@@]2(C(=O)O)C1. The van der Waals surface area contributed by atoms with Gasteiger partial charge in [0.2, 0.25) is 0 Å². The average molecular weight is 360 g/mol. The predicted molar refractivity (Wildman–Crippen MR) is 91.8 cm³/mol.